The zero-order valence-corrected chi connectivity index (χ0v) is 14.3. The highest BCUT2D eigenvalue weighted by Gasteiger charge is 2.61. The number of amides is 2. The number of likely N-dealkylation sites (tertiary alicyclic amines) is 1. The Kier molecular flexibility index (Phi) is 3.39. The maximum atomic E-state index is 12.6. The molecule has 26 heavy (non-hydrogen) atoms. The fraction of sp³-hybridized carbons (Fsp3) is 0.381. The lowest BCUT2D eigenvalue weighted by Gasteiger charge is -2.19. The molecule has 5 nitrogen and oxygen atoms in total. The number of fused-ring (bicyclic) bond motifs is 6. The van der Waals surface area contributed by atoms with Crippen molar-refractivity contribution in [1.29, 1.82) is 0 Å². The van der Waals surface area contributed by atoms with E-state index in [2.05, 4.69) is 0 Å². The van der Waals surface area contributed by atoms with Crippen molar-refractivity contribution in [2.75, 3.05) is 6.54 Å². The van der Waals surface area contributed by atoms with Gasteiger partial charge in [0, 0.05) is 0 Å². The SMILES string of the molecule is O=C(CN1C(=O)[C@@H]2[C@H]3CC[C@@H](C3)[C@H]2C1=O)Oc1ccc2ccccc2c1. The lowest BCUT2D eigenvalue weighted by molar-refractivity contribution is -0.148. The average Bonchev–Trinajstić information content (AvgIpc) is 3.32. The van der Waals surface area contributed by atoms with Gasteiger partial charge in [0.15, 0.2) is 0 Å². The zero-order valence-electron chi connectivity index (χ0n) is 14.3. The van der Waals surface area contributed by atoms with Crippen LogP contribution in [0, 0.1) is 23.7 Å². The van der Waals surface area contributed by atoms with Crippen LogP contribution in [0.25, 0.3) is 10.8 Å². The second-order valence-electron chi connectivity index (χ2n) is 7.63. The first kappa shape index (κ1) is 15.6. The van der Waals surface area contributed by atoms with Gasteiger partial charge in [0.05, 0.1) is 11.8 Å². The van der Waals surface area contributed by atoms with E-state index in [0.29, 0.717) is 17.6 Å². The van der Waals surface area contributed by atoms with Crippen LogP contribution in [-0.2, 0) is 14.4 Å². The number of rotatable bonds is 3. The first-order valence-electron chi connectivity index (χ1n) is 9.16. The van der Waals surface area contributed by atoms with E-state index in [1.807, 2.05) is 30.3 Å². The summed E-state index contributed by atoms with van der Waals surface area (Å²) >= 11 is 0. The molecule has 5 rings (SSSR count). The molecule has 1 saturated heterocycles. The predicted molar refractivity (Wildman–Crippen MR) is 94.1 cm³/mol. The maximum Gasteiger partial charge on any atom is 0.331 e. The fourth-order valence-electron chi connectivity index (χ4n) is 5.15. The van der Waals surface area contributed by atoms with Gasteiger partial charge in [-0.25, -0.2) is 4.79 Å². The van der Waals surface area contributed by atoms with E-state index in [9.17, 15) is 14.4 Å². The number of imide groups is 1. The van der Waals surface area contributed by atoms with Crippen molar-refractivity contribution in [3.63, 3.8) is 0 Å². The molecular weight excluding hydrogens is 330 g/mol. The van der Waals surface area contributed by atoms with Crippen molar-refractivity contribution in [1.82, 2.24) is 4.90 Å². The number of carbonyl (C=O) groups excluding carboxylic acids is 3. The summed E-state index contributed by atoms with van der Waals surface area (Å²) in [6.07, 6.45) is 3.04. The van der Waals surface area contributed by atoms with Crippen LogP contribution in [-0.4, -0.2) is 29.2 Å². The van der Waals surface area contributed by atoms with Crippen LogP contribution in [0.5, 0.6) is 5.75 Å². The highest BCUT2D eigenvalue weighted by Crippen LogP contribution is 2.56. The molecule has 132 valence electrons. The zero-order chi connectivity index (χ0) is 17.8. The van der Waals surface area contributed by atoms with Gasteiger partial charge in [-0.15, -0.1) is 0 Å². The molecule has 0 unspecified atom stereocenters. The average molecular weight is 349 g/mol. The van der Waals surface area contributed by atoms with E-state index in [4.69, 9.17) is 4.74 Å². The molecule has 3 fully saturated rings. The summed E-state index contributed by atoms with van der Waals surface area (Å²) in [7, 11) is 0. The minimum atomic E-state index is -0.575. The van der Waals surface area contributed by atoms with Crippen LogP contribution in [0.15, 0.2) is 42.5 Å². The Labute approximate surface area is 150 Å². The molecule has 0 radical (unpaired) electrons. The lowest BCUT2D eigenvalue weighted by Crippen LogP contribution is -2.38. The monoisotopic (exact) mass is 349 g/mol. The second kappa shape index (κ2) is 5.66. The number of nitrogens with zero attached hydrogens (tertiary/aromatic N) is 1. The molecule has 2 aromatic rings. The quantitative estimate of drug-likeness (QED) is 0.486. The minimum absolute atomic E-state index is 0.178. The molecule has 2 bridgehead atoms. The van der Waals surface area contributed by atoms with Crippen LogP contribution in [0.4, 0.5) is 0 Å². The summed E-state index contributed by atoms with van der Waals surface area (Å²) in [5.74, 6) is -0.261. The first-order valence-corrected chi connectivity index (χ1v) is 9.16. The smallest absolute Gasteiger partial charge is 0.331 e. The lowest BCUT2D eigenvalue weighted by atomic mass is 9.81. The third kappa shape index (κ3) is 2.26. The molecule has 2 amide bonds. The van der Waals surface area contributed by atoms with Crippen LogP contribution < -0.4 is 4.74 Å². The molecule has 0 spiro atoms. The Balaban J connectivity index is 1.31. The molecular formula is C21H19NO4. The molecule has 1 aliphatic heterocycles. The number of ether oxygens (including phenoxy) is 1. The second-order valence-corrected chi connectivity index (χ2v) is 7.63. The van der Waals surface area contributed by atoms with E-state index in [1.54, 1.807) is 12.1 Å². The van der Waals surface area contributed by atoms with Crippen LogP contribution in [0.3, 0.4) is 0 Å². The molecule has 4 atom stereocenters. The summed E-state index contributed by atoms with van der Waals surface area (Å²) in [5, 5.41) is 2.03. The van der Waals surface area contributed by atoms with Gasteiger partial charge in [-0.1, -0.05) is 30.3 Å². The van der Waals surface area contributed by atoms with Crippen LogP contribution >= 0.6 is 0 Å². The molecule has 0 aromatic heterocycles. The first-order chi connectivity index (χ1) is 12.6. The maximum absolute atomic E-state index is 12.6. The van der Waals surface area contributed by atoms with E-state index in [0.717, 1.165) is 34.9 Å². The molecule has 2 saturated carbocycles. The normalized spacial score (nSPS) is 29.5. The van der Waals surface area contributed by atoms with Gasteiger partial charge < -0.3 is 4.74 Å². The summed E-state index contributed by atoms with van der Waals surface area (Å²) in [4.78, 5) is 38.7. The van der Waals surface area contributed by atoms with Crippen LogP contribution in [0.1, 0.15) is 19.3 Å². The van der Waals surface area contributed by atoms with Crippen molar-refractivity contribution < 1.29 is 19.1 Å². The molecule has 2 aliphatic carbocycles. The molecule has 2 aromatic carbocycles. The Morgan fingerprint density at radius 3 is 2.31 bits per heavy atom. The highest BCUT2D eigenvalue weighted by atomic mass is 16.5. The van der Waals surface area contributed by atoms with Crippen molar-refractivity contribution in [2.45, 2.75) is 19.3 Å². The Morgan fingerprint density at radius 1 is 0.962 bits per heavy atom. The summed E-state index contributed by atoms with van der Waals surface area (Å²) in [6.45, 7) is -0.295. The highest BCUT2D eigenvalue weighted by molar-refractivity contribution is 6.07. The summed E-state index contributed by atoms with van der Waals surface area (Å²) in [6, 6.07) is 13.2. The Hall–Kier alpha value is -2.69. The topological polar surface area (TPSA) is 63.7 Å². The van der Waals surface area contributed by atoms with Crippen molar-refractivity contribution in [2.24, 2.45) is 23.7 Å². The number of hydrogen-bond acceptors (Lipinski definition) is 4. The number of carbonyl (C=O) groups is 3. The Morgan fingerprint density at radius 2 is 1.62 bits per heavy atom. The van der Waals surface area contributed by atoms with Crippen molar-refractivity contribution in [3.05, 3.63) is 42.5 Å². The van der Waals surface area contributed by atoms with E-state index >= 15 is 0 Å². The summed E-state index contributed by atoms with van der Waals surface area (Å²) in [5.41, 5.74) is 0. The number of benzene rings is 2. The third-order valence-electron chi connectivity index (χ3n) is 6.26. The van der Waals surface area contributed by atoms with Gasteiger partial charge >= 0.3 is 5.97 Å². The van der Waals surface area contributed by atoms with Crippen LogP contribution in [0.2, 0.25) is 0 Å². The van der Waals surface area contributed by atoms with Crippen molar-refractivity contribution >= 4 is 28.6 Å². The third-order valence-corrected chi connectivity index (χ3v) is 6.26. The molecule has 1 heterocycles. The van der Waals surface area contributed by atoms with E-state index < -0.39 is 5.97 Å². The standard InChI is InChI=1S/C21H19NO4/c23-17(26-16-8-7-12-3-1-2-4-13(12)10-16)11-22-20(24)18-14-5-6-15(9-14)19(18)21(22)25/h1-4,7-8,10,14-15,18-19H,5-6,9,11H2/t14-,15-,18+,19+/m0/s1. The largest absolute Gasteiger partial charge is 0.425 e. The van der Waals surface area contributed by atoms with E-state index in [1.165, 1.54) is 0 Å². The predicted octanol–water partition coefficient (Wildman–Crippen LogP) is 2.78. The van der Waals surface area contributed by atoms with Gasteiger partial charge in [-0.3, -0.25) is 14.5 Å². The van der Waals surface area contributed by atoms with Gasteiger partial charge in [-0.05, 0) is 54.0 Å². The number of hydrogen-bond donors (Lipinski definition) is 0. The van der Waals surface area contributed by atoms with Gasteiger partial charge in [0.25, 0.3) is 0 Å². The molecule has 0 N–H and O–H groups in total. The van der Waals surface area contributed by atoms with Gasteiger partial charge in [0.1, 0.15) is 12.3 Å². The molecule has 3 aliphatic rings. The van der Waals surface area contributed by atoms with Crippen molar-refractivity contribution in [3.8, 4) is 5.75 Å². The van der Waals surface area contributed by atoms with E-state index in [-0.39, 0.29) is 30.2 Å². The minimum Gasteiger partial charge on any atom is -0.425 e. The number of esters is 1. The fourth-order valence-corrected chi connectivity index (χ4v) is 5.15. The van der Waals surface area contributed by atoms with Gasteiger partial charge in [-0.2, -0.15) is 0 Å². The molecule has 5 heteroatoms. The Bertz CT molecular complexity index is 909. The van der Waals surface area contributed by atoms with Gasteiger partial charge in [0.2, 0.25) is 11.8 Å². The summed E-state index contributed by atoms with van der Waals surface area (Å²) < 4.78 is 5.39.